The highest BCUT2D eigenvalue weighted by Crippen LogP contribution is 2.54. The molecule has 7 aromatic carbocycles. The third-order valence-corrected chi connectivity index (χ3v) is 11.4. The summed E-state index contributed by atoms with van der Waals surface area (Å²) in [7, 11) is 0. The van der Waals surface area contributed by atoms with Crippen LogP contribution in [0.3, 0.4) is 0 Å². The summed E-state index contributed by atoms with van der Waals surface area (Å²) >= 11 is 0. The van der Waals surface area contributed by atoms with Crippen LogP contribution >= 0.6 is 0 Å². The Kier molecular flexibility index (Phi) is 7.09. The lowest BCUT2D eigenvalue weighted by Crippen LogP contribution is -2.28. The molecule has 2 atom stereocenters. The Morgan fingerprint density at radius 2 is 1.30 bits per heavy atom. The zero-order valence-electron chi connectivity index (χ0n) is 29.7. The first-order valence-corrected chi connectivity index (χ1v) is 18.9. The van der Waals surface area contributed by atoms with Crippen LogP contribution in [-0.2, 0) is 6.42 Å². The van der Waals surface area contributed by atoms with Crippen molar-refractivity contribution in [1.82, 2.24) is 0 Å². The molecule has 2 aliphatic carbocycles. The van der Waals surface area contributed by atoms with Gasteiger partial charge in [0.25, 0.3) is 0 Å². The normalized spacial score (nSPS) is 17.3. The number of rotatable bonds is 5. The molecule has 258 valence electrons. The Labute approximate surface area is 315 Å². The molecule has 4 aliphatic rings. The smallest absolute Gasteiger partial charge is 0.151 e. The van der Waals surface area contributed by atoms with Crippen molar-refractivity contribution in [3.63, 3.8) is 0 Å². The Hall–Kier alpha value is -6.78. The summed E-state index contributed by atoms with van der Waals surface area (Å²) in [5, 5.41) is 2.62. The average Bonchev–Trinajstić information content (AvgIpc) is 3.57. The molecule has 0 bridgehead atoms. The number of hydrogen-bond donors (Lipinski definition) is 0. The Morgan fingerprint density at radius 3 is 2.13 bits per heavy atom. The molecule has 0 saturated heterocycles. The van der Waals surface area contributed by atoms with Gasteiger partial charge in [0.05, 0.1) is 23.1 Å². The fourth-order valence-corrected chi connectivity index (χ4v) is 9.03. The third-order valence-electron chi connectivity index (χ3n) is 11.4. The average molecular weight is 696 g/mol. The van der Waals surface area contributed by atoms with Gasteiger partial charge in [0.1, 0.15) is 0 Å². The number of nitrogens with zero attached hydrogens (tertiary/aromatic N) is 3. The summed E-state index contributed by atoms with van der Waals surface area (Å²) < 4.78 is 6.35. The third kappa shape index (κ3) is 4.84. The Balaban J connectivity index is 1.06. The van der Waals surface area contributed by atoms with Crippen LogP contribution in [0.25, 0.3) is 16.8 Å². The van der Waals surface area contributed by atoms with Gasteiger partial charge in [0.2, 0.25) is 0 Å². The standard InChI is InChI=1S/C50H37N3O/c1-2-16-35(17-3-1)51(48-31-34-15-4-5-20-39(34)40-21-6-7-22-41(40)48)38-29-30-45-43(33-38)42-23-8-9-24-44(42)52(45)36-18-14-19-37(32-36)53-46-25-10-12-27-49(46)54-50-28-13-11-26-47(50)53/h1-4,6-19,21-33,42,44H,5,20H2. The molecule has 0 amide bonds. The second kappa shape index (κ2) is 12.4. The molecule has 0 fully saturated rings. The molecule has 0 saturated carbocycles. The molecule has 4 nitrogen and oxygen atoms in total. The van der Waals surface area contributed by atoms with Crippen molar-refractivity contribution in [2.75, 3.05) is 14.7 Å². The maximum atomic E-state index is 6.35. The topological polar surface area (TPSA) is 19.0 Å². The van der Waals surface area contributed by atoms with Crippen LogP contribution in [0, 0.1) is 0 Å². The number of ether oxygens (including phenoxy) is 1. The van der Waals surface area contributed by atoms with E-state index in [1.165, 1.54) is 38.8 Å². The number of para-hydroxylation sites is 5. The highest BCUT2D eigenvalue weighted by molar-refractivity contribution is 6.03. The quantitative estimate of drug-likeness (QED) is 0.178. The molecule has 0 spiro atoms. The summed E-state index contributed by atoms with van der Waals surface area (Å²) in [6.07, 6.45) is 15.9. The van der Waals surface area contributed by atoms with Crippen molar-refractivity contribution in [3.8, 4) is 11.5 Å². The van der Waals surface area contributed by atoms with E-state index in [-0.39, 0.29) is 12.0 Å². The SMILES string of the molecule is C1=CC2c3cc(N(c4ccccc4)c4cc5c(c6ccccc46)CCC=C5)ccc3N(c3cccc(N4c5ccccc5Oc5ccccc54)c3)C2C=C1. The molecule has 0 radical (unpaired) electrons. The monoisotopic (exact) mass is 695 g/mol. The van der Waals surface area contributed by atoms with Gasteiger partial charge in [0, 0.05) is 39.7 Å². The molecule has 2 heterocycles. The zero-order valence-corrected chi connectivity index (χ0v) is 29.7. The van der Waals surface area contributed by atoms with E-state index in [1.807, 2.05) is 24.3 Å². The lowest BCUT2D eigenvalue weighted by molar-refractivity contribution is 0.477. The van der Waals surface area contributed by atoms with Gasteiger partial charge in [-0.3, -0.25) is 0 Å². The van der Waals surface area contributed by atoms with Crippen LogP contribution in [0.2, 0.25) is 0 Å². The summed E-state index contributed by atoms with van der Waals surface area (Å²) in [4.78, 5) is 7.30. The van der Waals surface area contributed by atoms with Gasteiger partial charge < -0.3 is 19.4 Å². The summed E-state index contributed by atoms with van der Waals surface area (Å²) in [5.74, 6) is 1.91. The van der Waals surface area contributed by atoms with Crippen LogP contribution < -0.4 is 19.4 Å². The summed E-state index contributed by atoms with van der Waals surface area (Å²) in [6.45, 7) is 0. The van der Waals surface area contributed by atoms with Gasteiger partial charge in [-0.05, 0) is 114 Å². The lowest BCUT2D eigenvalue weighted by Gasteiger charge is -2.34. The second-order valence-corrected chi connectivity index (χ2v) is 14.4. The fraction of sp³-hybridized carbons (Fsp3) is 0.0800. The van der Waals surface area contributed by atoms with Crippen molar-refractivity contribution >= 4 is 62.3 Å². The van der Waals surface area contributed by atoms with Crippen molar-refractivity contribution in [3.05, 3.63) is 199 Å². The first kappa shape index (κ1) is 30.8. The first-order valence-electron chi connectivity index (χ1n) is 18.9. The van der Waals surface area contributed by atoms with Crippen molar-refractivity contribution in [2.24, 2.45) is 0 Å². The predicted molar refractivity (Wildman–Crippen MR) is 224 cm³/mol. The van der Waals surface area contributed by atoms with Crippen molar-refractivity contribution < 1.29 is 4.74 Å². The highest BCUT2D eigenvalue weighted by atomic mass is 16.5. The lowest BCUT2D eigenvalue weighted by atomic mass is 9.89. The molecule has 7 aromatic rings. The van der Waals surface area contributed by atoms with Gasteiger partial charge in [-0.1, -0.05) is 109 Å². The van der Waals surface area contributed by atoms with Crippen LogP contribution in [-0.4, -0.2) is 6.04 Å². The second-order valence-electron chi connectivity index (χ2n) is 14.4. The molecule has 0 aromatic heterocycles. The molecule has 2 aliphatic heterocycles. The van der Waals surface area contributed by atoms with E-state index in [9.17, 15) is 0 Å². The van der Waals surface area contributed by atoms with Crippen molar-refractivity contribution in [2.45, 2.75) is 24.8 Å². The summed E-state index contributed by atoms with van der Waals surface area (Å²) in [6, 6.07) is 54.9. The van der Waals surface area contributed by atoms with Gasteiger partial charge >= 0.3 is 0 Å². The molecule has 4 heteroatoms. The van der Waals surface area contributed by atoms with Crippen LogP contribution in [0.5, 0.6) is 11.5 Å². The largest absolute Gasteiger partial charge is 0.453 e. The number of allylic oxidation sites excluding steroid dienone is 3. The highest BCUT2D eigenvalue weighted by Gasteiger charge is 2.38. The van der Waals surface area contributed by atoms with E-state index in [2.05, 4.69) is 179 Å². The maximum absolute atomic E-state index is 6.35. The molecular formula is C50H37N3O. The molecule has 54 heavy (non-hydrogen) atoms. The van der Waals surface area contributed by atoms with Crippen molar-refractivity contribution in [1.29, 1.82) is 0 Å². The van der Waals surface area contributed by atoms with E-state index < -0.39 is 0 Å². The van der Waals surface area contributed by atoms with Gasteiger partial charge in [-0.2, -0.15) is 0 Å². The summed E-state index contributed by atoms with van der Waals surface area (Å²) in [5.41, 5.74) is 13.1. The van der Waals surface area contributed by atoms with Crippen LogP contribution in [0.1, 0.15) is 29.0 Å². The van der Waals surface area contributed by atoms with E-state index in [1.54, 1.807) is 0 Å². The number of benzene rings is 7. The molecule has 11 rings (SSSR count). The van der Waals surface area contributed by atoms with Gasteiger partial charge in [0.15, 0.2) is 11.5 Å². The van der Waals surface area contributed by atoms with Gasteiger partial charge in [-0.15, -0.1) is 0 Å². The van der Waals surface area contributed by atoms with E-state index >= 15 is 0 Å². The first-order chi connectivity index (χ1) is 26.8. The fourth-order valence-electron chi connectivity index (χ4n) is 9.03. The minimum Gasteiger partial charge on any atom is -0.453 e. The van der Waals surface area contributed by atoms with Crippen LogP contribution in [0.15, 0.2) is 182 Å². The molecular weight excluding hydrogens is 659 g/mol. The van der Waals surface area contributed by atoms with E-state index in [0.717, 1.165) is 58.5 Å². The van der Waals surface area contributed by atoms with Crippen LogP contribution in [0.4, 0.5) is 45.5 Å². The maximum Gasteiger partial charge on any atom is 0.151 e. The number of anilines is 8. The minimum atomic E-state index is 0.152. The van der Waals surface area contributed by atoms with E-state index in [0.29, 0.717) is 0 Å². The zero-order chi connectivity index (χ0) is 35.6. The van der Waals surface area contributed by atoms with Gasteiger partial charge in [-0.25, -0.2) is 0 Å². The number of hydrogen-bond acceptors (Lipinski definition) is 4. The Bertz CT molecular complexity index is 2650. The van der Waals surface area contributed by atoms with E-state index in [4.69, 9.17) is 4.74 Å². The minimum absolute atomic E-state index is 0.152. The number of fused-ring (bicyclic) bond motifs is 8. The predicted octanol–water partition coefficient (Wildman–Crippen LogP) is 13.6. The molecule has 2 unspecified atom stereocenters. The number of aryl methyl sites for hydroxylation is 1. The molecule has 0 N–H and O–H groups in total. The Morgan fingerprint density at radius 1 is 0.574 bits per heavy atom.